The molecule has 0 spiro atoms. The maximum absolute atomic E-state index is 12.2. The van der Waals surface area contributed by atoms with Gasteiger partial charge in [0.05, 0.1) is 5.54 Å². The fraction of sp³-hybridized carbons (Fsp3) is 0.778. The molecule has 1 saturated heterocycles. The van der Waals surface area contributed by atoms with E-state index in [1.807, 2.05) is 0 Å². The lowest BCUT2D eigenvalue weighted by Gasteiger charge is -2.26. The highest BCUT2D eigenvalue weighted by Gasteiger charge is 2.40. The Balaban J connectivity index is 2.05. The van der Waals surface area contributed by atoms with Crippen LogP contribution in [0.3, 0.4) is 0 Å². The minimum Gasteiger partial charge on any atom is -0.303 e. The molecule has 1 atom stereocenters. The van der Waals surface area contributed by atoms with Gasteiger partial charge in [-0.2, -0.15) is 0 Å². The van der Waals surface area contributed by atoms with E-state index < -0.39 is 5.54 Å². The lowest BCUT2D eigenvalue weighted by Crippen LogP contribution is -2.50. The quantitative estimate of drug-likeness (QED) is 0.815. The van der Waals surface area contributed by atoms with Crippen LogP contribution in [-0.4, -0.2) is 32.8 Å². The summed E-state index contributed by atoms with van der Waals surface area (Å²) in [4.78, 5) is 12.2. The molecule has 88 valence electrons. The van der Waals surface area contributed by atoms with Crippen molar-refractivity contribution in [3.8, 4) is 0 Å². The summed E-state index contributed by atoms with van der Waals surface area (Å²) in [7, 11) is 0. The Morgan fingerprint density at radius 2 is 2.56 bits per heavy atom. The number of aromatic nitrogens is 3. The molecule has 6 nitrogen and oxygen atoms in total. The number of carbonyl (C=O) groups is 1. The number of amides is 1. The third-order valence-electron chi connectivity index (χ3n) is 2.87. The smallest absolute Gasteiger partial charge is 0.246 e. The summed E-state index contributed by atoms with van der Waals surface area (Å²) in [6.07, 6.45) is 3.76. The van der Waals surface area contributed by atoms with Crippen LogP contribution in [-0.2, 0) is 4.79 Å². The molecule has 0 aliphatic carbocycles. The molecule has 0 aromatic carbocycles. The number of rotatable bonds is 4. The van der Waals surface area contributed by atoms with Gasteiger partial charge in [-0.1, -0.05) is 22.9 Å². The Morgan fingerprint density at radius 3 is 3.12 bits per heavy atom. The fourth-order valence-electron chi connectivity index (χ4n) is 2.15. The van der Waals surface area contributed by atoms with E-state index in [1.165, 1.54) is 0 Å². The highest BCUT2D eigenvalue weighted by molar-refractivity contribution is 7.09. The number of anilines is 1. The van der Waals surface area contributed by atoms with Crippen LogP contribution in [0, 0.1) is 0 Å². The van der Waals surface area contributed by atoms with E-state index in [0.717, 1.165) is 43.8 Å². The maximum Gasteiger partial charge on any atom is 0.246 e. The summed E-state index contributed by atoms with van der Waals surface area (Å²) in [5, 5.41) is 13.7. The summed E-state index contributed by atoms with van der Waals surface area (Å²) >= 11 is 1.09. The SMILES string of the molecule is CCCC1(C(=O)Nc2nnns2)CCCN1. The molecule has 2 heterocycles. The van der Waals surface area contributed by atoms with Crippen molar-refractivity contribution in [2.45, 2.75) is 38.1 Å². The minimum absolute atomic E-state index is 0.00889. The molecule has 1 aromatic heterocycles. The third-order valence-corrected chi connectivity index (χ3v) is 3.39. The second-order valence-corrected chi connectivity index (χ2v) is 4.72. The van der Waals surface area contributed by atoms with E-state index in [9.17, 15) is 4.79 Å². The third kappa shape index (κ3) is 2.19. The minimum atomic E-state index is -0.416. The zero-order chi connectivity index (χ0) is 11.4. The van der Waals surface area contributed by atoms with Crippen molar-refractivity contribution in [3.63, 3.8) is 0 Å². The number of carbonyl (C=O) groups excluding carboxylic acids is 1. The fourth-order valence-corrected chi connectivity index (χ4v) is 2.51. The van der Waals surface area contributed by atoms with Crippen molar-refractivity contribution < 1.29 is 4.79 Å². The topological polar surface area (TPSA) is 79.8 Å². The van der Waals surface area contributed by atoms with E-state index >= 15 is 0 Å². The molecule has 0 bridgehead atoms. The van der Waals surface area contributed by atoms with Crippen molar-refractivity contribution in [2.75, 3.05) is 11.9 Å². The monoisotopic (exact) mass is 241 g/mol. The van der Waals surface area contributed by atoms with Crippen LogP contribution in [0.25, 0.3) is 0 Å². The zero-order valence-electron chi connectivity index (χ0n) is 9.19. The molecule has 1 aliphatic heterocycles. The van der Waals surface area contributed by atoms with E-state index in [-0.39, 0.29) is 5.91 Å². The molecule has 1 fully saturated rings. The predicted octanol–water partition coefficient (Wildman–Crippen LogP) is 0.794. The first-order chi connectivity index (χ1) is 7.77. The van der Waals surface area contributed by atoms with Gasteiger partial charge in [0.2, 0.25) is 11.0 Å². The summed E-state index contributed by atoms with van der Waals surface area (Å²) in [6, 6.07) is 0. The summed E-state index contributed by atoms with van der Waals surface area (Å²) < 4.78 is 3.62. The van der Waals surface area contributed by atoms with Gasteiger partial charge in [0.1, 0.15) is 0 Å². The van der Waals surface area contributed by atoms with E-state index in [4.69, 9.17) is 0 Å². The van der Waals surface area contributed by atoms with Crippen LogP contribution in [0.15, 0.2) is 0 Å². The zero-order valence-corrected chi connectivity index (χ0v) is 10.0. The highest BCUT2D eigenvalue weighted by Crippen LogP contribution is 2.26. The molecule has 2 rings (SSSR count). The average Bonchev–Trinajstić information content (AvgIpc) is 2.89. The van der Waals surface area contributed by atoms with Gasteiger partial charge in [0, 0.05) is 11.5 Å². The van der Waals surface area contributed by atoms with Crippen molar-refractivity contribution in [1.82, 2.24) is 20.1 Å². The summed E-state index contributed by atoms with van der Waals surface area (Å²) in [5.74, 6) is -0.00889. The van der Waals surface area contributed by atoms with Gasteiger partial charge < -0.3 is 5.32 Å². The Kier molecular flexibility index (Phi) is 3.45. The normalized spacial score (nSPS) is 24.6. The largest absolute Gasteiger partial charge is 0.303 e. The maximum atomic E-state index is 12.2. The molecule has 7 heteroatoms. The van der Waals surface area contributed by atoms with Gasteiger partial charge in [-0.25, -0.2) is 0 Å². The van der Waals surface area contributed by atoms with Crippen molar-refractivity contribution in [1.29, 1.82) is 0 Å². The second kappa shape index (κ2) is 4.84. The molecule has 1 aromatic rings. The number of nitrogens with one attached hydrogen (secondary N) is 2. The van der Waals surface area contributed by atoms with Crippen molar-refractivity contribution in [3.05, 3.63) is 0 Å². The first kappa shape index (κ1) is 11.4. The van der Waals surface area contributed by atoms with Gasteiger partial charge in [-0.3, -0.25) is 10.1 Å². The summed E-state index contributed by atoms with van der Waals surface area (Å²) in [5.41, 5.74) is -0.416. The lowest BCUT2D eigenvalue weighted by molar-refractivity contribution is -0.122. The Labute approximate surface area is 98.0 Å². The number of nitrogens with zero attached hydrogens (tertiary/aromatic N) is 3. The van der Waals surface area contributed by atoms with Crippen molar-refractivity contribution in [2.24, 2.45) is 0 Å². The molecule has 1 amide bonds. The predicted molar refractivity (Wildman–Crippen MR) is 61.2 cm³/mol. The van der Waals surface area contributed by atoms with Gasteiger partial charge in [0.15, 0.2) is 0 Å². The van der Waals surface area contributed by atoms with Crippen molar-refractivity contribution >= 4 is 22.6 Å². The molecule has 16 heavy (non-hydrogen) atoms. The molecular weight excluding hydrogens is 226 g/mol. The molecule has 0 saturated carbocycles. The molecule has 1 unspecified atom stereocenters. The molecule has 0 radical (unpaired) electrons. The van der Waals surface area contributed by atoms with Gasteiger partial charge in [-0.05, 0) is 31.0 Å². The van der Waals surface area contributed by atoms with Crippen LogP contribution >= 0.6 is 11.5 Å². The van der Waals surface area contributed by atoms with Crippen LogP contribution < -0.4 is 10.6 Å². The van der Waals surface area contributed by atoms with Crippen LogP contribution in [0.2, 0.25) is 0 Å². The molecule has 2 N–H and O–H groups in total. The van der Waals surface area contributed by atoms with E-state index in [1.54, 1.807) is 0 Å². The van der Waals surface area contributed by atoms with Crippen LogP contribution in [0.4, 0.5) is 5.13 Å². The molecule has 1 aliphatic rings. The van der Waals surface area contributed by atoms with E-state index in [0.29, 0.717) is 5.13 Å². The van der Waals surface area contributed by atoms with Gasteiger partial charge in [-0.15, -0.1) is 0 Å². The number of hydrogen-bond donors (Lipinski definition) is 2. The van der Waals surface area contributed by atoms with Crippen LogP contribution in [0.5, 0.6) is 0 Å². The molecular formula is C9H15N5OS. The van der Waals surface area contributed by atoms with E-state index in [2.05, 4.69) is 32.4 Å². The number of hydrogen-bond acceptors (Lipinski definition) is 6. The standard InChI is InChI=1S/C9H15N5OS/c1-2-4-9(5-3-6-10-9)7(15)11-8-12-13-14-16-8/h10H,2-6H2,1H3,(H,11,12,14,15). The first-order valence-electron chi connectivity index (χ1n) is 5.48. The van der Waals surface area contributed by atoms with Gasteiger partial charge in [0.25, 0.3) is 0 Å². The Morgan fingerprint density at radius 1 is 1.69 bits per heavy atom. The Bertz CT molecular complexity index is 347. The Hall–Kier alpha value is -1.08. The van der Waals surface area contributed by atoms with Crippen LogP contribution in [0.1, 0.15) is 32.6 Å². The first-order valence-corrected chi connectivity index (χ1v) is 6.26. The average molecular weight is 241 g/mol. The second-order valence-electron chi connectivity index (χ2n) is 3.98. The highest BCUT2D eigenvalue weighted by atomic mass is 32.1. The summed E-state index contributed by atoms with van der Waals surface area (Å²) in [6.45, 7) is 2.99. The lowest BCUT2D eigenvalue weighted by atomic mass is 9.91. The van der Waals surface area contributed by atoms with Gasteiger partial charge >= 0.3 is 0 Å².